The van der Waals surface area contributed by atoms with Crippen LogP contribution in [0.3, 0.4) is 0 Å². The van der Waals surface area contributed by atoms with E-state index in [4.69, 9.17) is 19.0 Å². The first-order valence-corrected chi connectivity index (χ1v) is 8.73. The van der Waals surface area contributed by atoms with Gasteiger partial charge in [-0.25, -0.2) is 0 Å². The van der Waals surface area contributed by atoms with Crippen LogP contribution in [-0.2, 0) is 15.9 Å². The Morgan fingerprint density at radius 3 is 2.96 bits per heavy atom. The van der Waals surface area contributed by atoms with E-state index < -0.39 is 0 Å². The van der Waals surface area contributed by atoms with Crippen LogP contribution in [-0.4, -0.2) is 63.2 Å². The van der Waals surface area contributed by atoms with E-state index >= 15 is 0 Å². The summed E-state index contributed by atoms with van der Waals surface area (Å²) >= 11 is 0. The van der Waals surface area contributed by atoms with Gasteiger partial charge in [0.15, 0.2) is 5.96 Å². The van der Waals surface area contributed by atoms with E-state index in [2.05, 4.69) is 15.6 Å². The molecule has 0 saturated carbocycles. The Morgan fingerprint density at radius 1 is 1.29 bits per heavy atom. The molecule has 0 radical (unpaired) electrons. The summed E-state index contributed by atoms with van der Waals surface area (Å²) in [5.74, 6) is 1.70. The first kappa shape index (κ1) is 18.8. The van der Waals surface area contributed by atoms with Crippen LogP contribution in [0.4, 0.5) is 0 Å². The SMILES string of the molecule is OCCOCCNC(=NCC1CCCCO1)NCCc1ccco1. The molecule has 0 bridgehead atoms. The summed E-state index contributed by atoms with van der Waals surface area (Å²) in [6.07, 6.45) is 6.13. The second-order valence-electron chi connectivity index (χ2n) is 5.70. The van der Waals surface area contributed by atoms with Gasteiger partial charge in [-0.1, -0.05) is 0 Å². The summed E-state index contributed by atoms with van der Waals surface area (Å²) in [7, 11) is 0. The number of guanidine groups is 1. The first-order chi connectivity index (χ1) is 11.9. The van der Waals surface area contributed by atoms with Crippen LogP contribution >= 0.6 is 0 Å². The Kier molecular flexibility index (Phi) is 9.29. The van der Waals surface area contributed by atoms with Crippen LogP contribution in [0.1, 0.15) is 25.0 Å². The molecule has 2 heterocycles. The monoisotopic (exact) mass is 339 g/mol. The fourth-order valence-corrected chi connectivity index (χ4v) is 2.49. The topological polar surface area (TPSA) is 88.2 Å². The number of nitrogens with one attached hydrogen (secondary N) is 2. The molecule has 7 nitrogen and oxygen atoms in total. The lowest BCUT2D eigenvalue weighted by Gasteiger charge is -2.21. The summed E-state index contributed by atoms with van der Waals surface area (Å²) in [5, 5.41) is 15.3. The third kappa shape index (κ3) is 7.81. The van der Waals surface area contributed by atoms with Crippen molar-refractivity contribution >= 4 is 5.96 Å². The molecule has 1 aliphatic rings. The highest BCUT2D eigenvalue weighted by Gasteiger charge is 2.13. The van der Waals surface area contributed by atoms with Crippen molar-refractivity contribution in [2.45, 2.75) is 31.8 Å². The van der Waals surface area contributed by atoms with Crippen LogP contribution in [0.15, 0.2) is 27.8 Å². The fourth-order valence-electron chi connectivity index (χ4n) is 2.49. The predicted octanol–water partition coefficient (Wildman–Crippen LogP) is 0.935. The fraction of sp³-hybridized carbons (Fsp3) is 0.706. The standard InChI is InChI=1S/C17H29N3O4/c21-9-13-22-12-8-19-17(18-7-6-15-5-3-11-23-15)20-14-16-4-1-2-10-24-16/h3,5,11,16,21H,1-2,4,6-10,12-14H2,(H2,18,19,20). The number of hydrogen-bond acceptors (Lipinski definition) is 5. The van der Waals surface area contributed by atoms with Gasteiger partial charge in [0.1, 0.15) is 5.76 Å². The van der Waals surface area contributed by atoms with Gasteiger partial charge in [-0.05, 0) is 31.4 Å². The van der Waals surface area contributed by atoms with Crippen LogP contribution < -0.4 is 10.6 Å². The molecule has 24 heavy (non-hydrogen) atoms. The Morgan fingerprint density at radius 2 is 2.21 bits per heavy atom. The van der Waals surface area contributed by atoms with Crippen molar-refractivity contribution in [2.75, 3.05) is 46.1 Å². The van der Waals surface area contributed by atoms with Gasteiger partial charge < -0.3 is 29.6 Å². The smallest absolute Gasteiger partial charge is 0.191 e. The number of ether oxygens (including phenoxy) is 2. The molecular weight excluding hydrogens is 310 g/mol. The summed E-state index contributed by atoms with van der Waals surface area (Å²) in [6, 6.07) is 3.85. The van der Waals surface area contributed by atoms with Crippen molar-refractivity contribution in [1.29, 1.82) is 0 Å². The van der Waals surface area contributed by atoms with Crippen molar-refractivity contribution in [1.82, 2.24) is 10.6 Å². The van der Waals surface area contributed by atoms with Crippen LogP contribution in [0.25, 0.3) is 0 Å². The average Bonchev–Trinajstić information content (AvgIpc) is 3.13. The van der Waals surface area contributed by atoms with Crippen molar-refractivity contribution in [2.24, 2.45) is 4.99 Å². The Labute approximate surface area is 143 Å². The highest BCUT2D eigenvalue weighted by Crippen LogP contribution is 2.12. The lowest BCUT2D eigenvalue weighted by molar-refractivity contribution is 0.0224. The maximum atomic E-state index is 8.71. The Hall–Kier alpha value is -1.57. The number of aliphatic hydroxyl groups excluding tert-OH is 1. The largest absolute Gasteiger partial charge is 0.469 e. The van der Waals surface area contributed by atoms with Gasteiger partial charge >= 0.3 is 0 Å². The highest BCUT2D eigenvalue weighted by atomic mass is 16.5. The van der Waals surface area contributed by atoms with Crippen LogP contribution in [0, 0.1) is 0 Å². The zero-order valence-electron chi connectivity index (χ0n) is 14.2. The Bertz CT molecular complexity index is 445. The molecule has 1 aromatic rings. The molecule has 1 saturated heterocycles. The average molecular weight is 339 g/mol. The number of hydrogen-bond donors (Lipinski definition) is 3. The van der Waals surface area contributed by atoms with E-state index in [1.54, 1.807) is 6.26 Å². The van der Waals surface area contributed by atoms with Crippen molar-refractivity contribution < 1.29 is 19.0 Å². The second-order valence-corrected chi connectivity index (χ2v) is 5.70. The minimum atomic E-state index is 0.0430. The zero-order chi connectivity index (χ0) is 16.9. The zero-order valence-corrected chi connectivity index (χ0v) is 14.2. The van der Waals surface area contributed by atoms with E-state index in [9.17, 15) is 0 Å². The number of aliphatic hydroxyl groups is 1. The van der Waals surface area contributed by atoms with Crippen LogP contribution in [0.5, 0.6) is 0 Å². The minimum Gasteiger partial charge on any atom is -0.469 e. The third-order valence-electron chi connectivity index (χ3n) is 3.75. The van der Waals surface area contributed by atoms with Gasteiger partial charge in [-0.2, -0.15) is 0 Å². The van der Waals surface area contributed by atoms with Gasteiger partial charge in [0.25, 0.3) is 0 Å². The number of aliphatic imine (C=N–C) groups is 1. The predicted molar refractivity (Wildman–Crippen MR) is 92.2 cm³/mol. The normalized spacial score (nSPS) is 18.5. The quantitative estimate of drug-likeness (QED) is 0.334. The molecule has 0 aromatic carbocycles. The number of rotatable bonds is 10. The summed E-state index contributed by atoms with van der Waals surface area (Å²) in [5.41, 5.74) is 0. The molecule has 0 amide bonds. The second kappa shape index (κ2) is 11.9. The molecular formula is C17H29N3O4. The van der Waals surface area contributed by atoms with E-state index in [-0.39, 0.29) is 12.7 Å². The first-order valence-electron chi connectivity index (χ1n) is 8.73. The van der Waals surface area contributed by atoms with Crippen molar-refractivity contribution in [3.05, 3.63) is 24.2 Å². The lowest BCUT2D eigenvalue weighted by Crippen LogP contribution is -2.40. The van der Waals surface area contributed by atoms with E-state index in [0.29, 0.717) is 26.3 Å². The molecule has 7 heteroatoms. The summed E-state index contributed by atoms with van der Waals surface area (Å²) in [6.45, 7) is 3.80. The summed E-state index contributed by atoms with van der Waals surface area (Å²) in [4.78, 5) is 4.62. The Balaban J connectivity index is 1.73. The molecule has 1 unspecified atom stereocenters. The third-order valence-corrected chi connectivity index (χ3v) is 3.75. The molecule has 3 N–H and O–H groups in total. The van der Waals surface area contributed by atoms with Gasteiger partial charge in [-0.3, -0.25) is 4.99 Å². The molecule has 0 spiro atoms. The maximum Gasteiger partial charge on any atom is 0.191 e. The minimum absolute atomic E-state index is 0.0430. The molecule has 0 aliphatic carbocycles. The molecule has 1 aromatic heterocycles. The van der Waals surface area contributed by atoms with Crippen LogP contribution in [0.2, 0.25) is 0 Å². The molecule has 1 aliphatic heterocycles. The molecule has 1 atom stereocenters. The van der Waals surface area contributed by atoms with Gasteiger partial charge in [-0.15, -0.1) is 0 Å². The van der Waals surface area contributed by atoms with Crippen molar-refractivity contribution in [3.8, 4) is 0 Å². The van der Waals surface area contributed by atoms with Gasteiger partial charge in [0.2, 0.25) is 0 Å². The highest BCUT2D eigenvalue weighted by molar-refractivity contribution is 5.79. The molecule has 1 fully saturated rings. The molecule has 2 rings (SSSR count). The van der Waals surface area contributed by atoms with Gasteiger partial charge in [0.05, 0.1) is 38.7 Å². The lowest BCUT2D eigenvalue weighted by atomic mass is 10.1. The number of nitrogens with zero attached hydrogens (tertiary/aromatic N) is 1. The maximum absolute atomic E-state index is 8.71. The van der Waals surface area contributed by atoms with E-state index in [1.165, 1.54) is 6.42 Å². The van der Waals surface area contributed by atoms with Crippen molar-refractivity contribution in [3.63, 3.8) is 0 Å². The van der Waals surface area contributed by atoms with E-state index in [0.717, 1.165) is 44.1 Å². The van der Waals surface area contributed by atoms with E-state index in [1.807, 2.05) is 12.1 Å². The summed E-state index contributed by atoms with van der Waals surface area (Å²) < 4.78 is 16.3. The number of furan rings is 1. The van der Waals surface area contributed by atoms with Gasteiger partial charge in [0, 0.05) is 26.1 Å². The molecule has 136 valence electrons.